The van der Waals surface area contributed by atoms with Crippen molar-refractivity contribution in [2.45, 2.75) is 20.0 Å². The maximum atomic E-state index is 10.5. The lowest BCUT2D eigenvalue weighted by Crippen LogP contribution is -2.23. The number of nitro benzene ring substituents is 1. The van der Waals surface area contributed by atoms with Crippen LogP contribution in [0.4, 0.5) is 5.69 Å². The molecule has 18 heavy (non-hydrogen) atoms. The molecule has 1 aromatic carbocycles. The van der Waals surface area contributed by atoms with Gasteiger partial charge in [0.1, 0.15) is 0 Å². The van der Waals surface area contributed by atoms with Crippen LogP contribution in [0.15, 0.2) is 24.3 Å². The highest BCUT2D eigenvalue weighted by Gasteiger charge is 2.10. The second-order valence-corrected chi connectivity index (χ2v) is 4.42. The van der Waals surface area contributed by atoms with Gasteiger partial charge in [0.15, 0.2) is 0 Å². The van der Waals surface area contributed by atoms with Crippen LogP contribution in [-0.2, 0) is 4.84 Å². The second kappa shape index (κ2) is 7.05. The molecule has 0 saturated heterocycles. The minimum absolute atomic E-state index is 0.00923. The third kappa shape index (κ3) is 4.79. The van der Waals surface area contributed by atoms with Gasteiger partial charge < -0.3 is 9.94 Å². The second-order valence-electron chi connectivity index (χ2n) is 4.42. The Balaban J connectivity index is 2.41. The number of hydrogen-bond acceptors (Lipinski definition) is 5. The van der Waals surface area contributed by atoms with Crippen molar-refractivity contribution in [1.29, 1.82) is 0 Å². The van der Waals surface area contributed by atoms with Gasteiger partial charge in [-0.15, -0.1) is 0 Å². The topological polar surface area (TPSA) is 84.6 Å². The Morgan fingerprint density at radius 2 is 2.00 bits per heavy atom. The lowest BCUT2D eigenvalue weighted by Gasteiger charge is -2.13. The van der Waals surface area contributed by atoms with Crippen molar-refractivity contribution in [3.8, 4) is 0 Å². The fraction of sp³-hybridized carbons (Fsp3) is 0.500. The van der Waals surface area contributed by atoms with E-state index in [0.29, 0.717) is 18.1 Å². The van der Waals surface area contributed by atoms with Crippen LogP contribution in [0.3, 0.4) is 0 Å². The lowest BCUT2D eigenvalue weighted by atomic mass is 10.1. The van der Waals surface area contributed by atoms with Crippen molar-refractivity contribution in [2.75, 3.05) is 13.2 Å². The maximum Gasteiger partial charge on any atom is 0.269 e. The van der Waals surface area contributed by atoms with Crippen LogP contribution in [0.2, 0.25) is 0 Å². The molecule has 6 nitrogen and oxygen atoms in total. The Morgan fingerprint density at radius 3 is 2.50 bits per heavy atom. The minimum atomic E-state index is -0.752. The van der Waals surface area contributed by atoms with Crippen LogP contribution >= 0.6 is 0 Å². The Hall–Kier alpha value is -1.50. The van der Waals surface area contributed by atoms with Crippen LogP contribution in [0.5, 0.6) is 0 Å². The van der Waals surface area contributed by atoms with Crippen molar-refractivity contribution in [1.82, 2.24) is 5.48 Å². The highest BCUT2D eigenvalue weighted by molar-refractivity contribution is 5.33. The zero-order valence-electron chi connectivity index (χ0n) is 10.5. The monoisotopic (exact) mass is 254 g/mol. The first kappa shape index (κ1) is 14.6. The first-order valence-corrected chi connectivity index (χ1v) is 5.77. The fourth-order valence-electron chi connectivity index (χ4n) is 1.30. The van der Waals surface area contributed by atoms with E-state index in [0.717, 1.165) is 0 Å². The summed E-state index contributed by atoms with van der Waals surface area (Å²) in [6.07, 6.45) is -0.752. The summed E-state index contributed by atoms with van der Waals surface area (Å²) in [5.74, 6) is 0.411. The molecule has 1 rings (SSSR count). The van der Waals surface area contributed by atoms with E-state index in [1.54, 1.807) is 0 Å². The number of aliphatic hydroxyl groups is 1. The van der Waals surface area contributed by atoms with Crippen LogP contribution in [0.25, 0.3) is 0 Å². The number of benzene rings is 1. The molecular formula is C12H18N2O4. The number of nitrogens with zero attached hydrogens (tertiary/aromatic N) is 1. The molecule has 100 valence electrons. The summed E-state index contributed by atoms with van der Waals surface area (Å²) in [6, 6.07) is 5.81. The van der Waals surface area contributed by atoms with Gasteiger partial charge in [0, 0.05) is 12.1 Å². The summed E-state index contributed by atoms with van der Waals surface area (Å²) >= 11 is 0. The van der Waals surface area contributed by atoms with E-state index in [4.69, 9.17) is 4.84 Å². The van der Waals surface area contributed by atoms with E-state index in [-0.39, 0.29) is 12.2 Å². The molecule has 1 unspecified atom stereocenters. The van der Waals surface area contributed by atoms with Crippen molar-refractivity contribution in [3.63, 3.8) is 0 Å². The molecule has 0 saturated carbocycles. The summed E-state index contributed by atoms with van der Waals surface area (Å²) in [6.45, 7) is 4.85. The van der Waals surface area contributed by atoms with Crippen molar-refractivity contribution < 1.29 is 14.9 Å². The number of rotatable bonds is 7. The molecule has 0 spiro atoms. The van der Waals surface area contributed by atoms with Crippen molar-refractivity contribution in [2.24, 2.45) is 5.92 Å². The molecule has 1 atom stereocenters. The molecular weight excluding hydrogens is 236 g/mol. The normalized spacial score (nSPS) is 12.7. The van der Waals surface area contributed by atoms with Gasteiger partial charge in [0.25, 0.3) is 5.69 Å². The Morgan fingerprint density at radius 1 is 1.39 bits per heavy atom. The predicted octanol–water partition coefficient (Wildman–Crippen LogP) is 1.81. The first-order valence-electron chi connectivity index (χ1n) is 5.77. The summed E-state index contributed by atoms with van der Waals surface area (Å²) in [5.41, 5.74) is 3.29. The molecule has 6 heteroatoms. The maximum absolute atomic E-state index is 10.5. The summed E-state index contributed by atoms with van der Waals surface area (Å²) in [4.78, 5) is 15.1. The molecule has 1 aromatic rings. The van der Waals surface area contributed by atoms with Gasteiger partial charge in [0.2, 0.25) is 0 Å². The van der Waals surface area contributed by atoms with E-state index >= 15 is 0 Å². The number of aliphatic hydroxyl groups excluding tert-OH is 1. The number of hydroxylamine groups is 1. The largest absolute Gasteiger partial charge is 0.387 e. The van der Waals surface area contributed by atoms with Crippen molar-refractivity contribution >= 4 is 5.69 Å². The molecule has 0 amide bonds. The summed E-state index contributed by atoms with van der Waals surface area (Å²) < 4.78 is 0. The van der Waals surface area contributed by atoms with E-state index in [1.165, 1.54) is 24.3 Å². The van der Waals surface area contributed by atoms with Gasteiger partial charge >= 0.3 is 0 Å². The zero-order valence-corrected chi connectivity index (χ0v) is 10.5. The SMILES string of the molecule is CC(C)CONCC(O)c1ccc([N+](=O)[O-])cc1. The van der Waals surface area contributed by atoms with Gasteiger partial charge in [-0.2, -0.15) is 5.48 Å². The molecule has 0 aliphatic heterocycles. The smallest absolute Gasteiger partial charge is 0.269 e. The quantitative estimate of drug-likeness (QED) is 0.440. The van der Waals surface area contributed by atoms with E-state index in [9.17, 15) is 15.2 Å². The third-order valence-corrected chi connectivity index (χ3v) is 2.28. The van der Waals surface area contributed by atoms with Crippen LogP contribution in [-0.4, -0.2) is 23.2 Å². The zero-order chi connectivity index (χ0) is 13.5. The van der Waals surface area contributed by atoms with Crippen LogP contribution in [0, 0.1) is 16.0 Å². The molecule has 2 N–H and O–H groups in total. The van der Waals surface area contributed by atoms with Gasteiger partial charge in [-0.05, 0) is 23.6 Å². The highest BCUT2D eigenvalue weighted by Crippen LogP contribution is 2.17. The minimum Gasteiger partial charge on any atom is -0.387 e. The Bertz CT molecular complexity index is 378. The molecule has 0 aromatic heterocycles. The predicted molar refractivity (Wildman–Crippen MR) is 66.8 cm³/mol. The summed E-state index contributed by atoms with van der Waals surface area (Å²) in [5, 5.41) is 20.3. The standard InChI is InChI=1S/C12H18N2O4/c1-9(2)8-18-13-7-12(15)10-3-5-11(6-4-10)14(16)17/h3-6,9,12-13,15H,7-8H2,1-2H3. The van der Waals surface area contributed by atoms with Crippen molar-refractivity contribution in [3.05, 3.63) is 39.9 Å². The lowest BCUT2D eigenvalue weighted by molar-refractivity contribution is -0.384. The van der Waals surface area contributed by atoms with E-state index in [2.05, 4.69) is 5.48 Å². The fourth-order valence-corrected chi connectivity index (χ4v) is 1.30. The van der Waals surface area contributed by atoms with Gasteiger partial charge in [-0.3, -0.25) is 10.1 Å². The van der Waals surface area contributed by atoms with Gasteiger partial charge in [-0.1, -0.05) is 13.8 Å². The average Bonchev–Trinajstić information content (AvgIpc) is 2.34. The average molecular weight is 254 g/mol. The first-order chi connectivity index (χ1) is 8.50. The molecule has 0 bridgehead atoms. The highest BCUT2D eigenvalue weighted by atomic mass is 16.6. The number of nitro groups is 1. The number of non-ortho nitro benzene ring substituents is 1. The Kier molecular flexibility index (Phi) is 5.70. The van der Waals surface area contributed by atoms with Gasteiger partial charge in [-0.25, -0.2) is 0 Å². The molecule has 0 aliphatic rings. The van der Waals surface area contributed by atoms with Crippen LogP contribution < -0.4 is 5.48 Å². The molecule has 0 heterocycles. The molecule has 0 fully saturated rings. The summed E-state index contributed by atoms with van der Waals surface area (Å²) in [7, 11) is 0. The van der Waals surface area contributed by atoms with Gasteiger partial charge in [0.05, 0.1) is 24.2 Å². The Labute approximate surface area is 106 Å². The molecule has 0 aliphatic carbocycles. The third-order valence-electron chi connectivity index (χ3n) is 2.28. The molecule has 0 radical (unpaired) electrons. The van der Waals surface area contributed by atoms with Crippen LogP contribution in [0.1, 0.15) is 25.5 Å². The van der Waals surface area contributed by atoms with E-state index in [1.807, 2.05) is 13.8 Å². The van der Waals surface area contributed by atoms with E-state index < -0.39 is 11.0 Å². The number of hydrogen-bond donors (Lipinski definition) is 2. The number of nitrogens with one attached hydrogen (secondary N) is 1.